The number of carbonyl (C=O) groups excluding carboxylic acids is 1. The number of rotatable bonds is 3. The predicted octanol–water partition coefficient (Wildman–Crippen LogP) is 1.85. The average Bonchev–Trinajstić information content (AvgIpc) is 3.16. The van der Waals surface area contributed by atoms with Crippen LogP contribution in [0.25, 0.3) is 0 Å². The first-order valence-corrected chi connectivity index (χ1v) is 7.37. The lowest BCUT2D eigenvalue weighted by molar-refractivity contribution is -0.385. The Labute approximate surface area is 140 Å². The highest BCUT2D eigenvalue weighted by atomic mass is 35.5. The van der Waals surface area contributed by atoms with E-state index in [9.17, 15) is 14.9 Å². The highest BCUT2D eigenvalue weighted by Gasteiger charge is 2.42. The molecule has 3 rings (SSSR count). The van der Waals surface area contributed by atoms with Crippen molar-refractivity contribution < 1.29 is 14.5 Å². The molecule has 2 heterocycles. The molecule has 0 aromatic heterocycles. The molecule has 8 heteroatoms. The van der Waals surface area contributed by atoms with E-state index in [1.165, 1.54) is 19.2 Å². The summed E-state index contributed by atoms with van der Waals surface area (Å²) < 4.78 is 4.97. The third-order valence-corrected chi connectivity index (χ3v) is 4.68. The van der Waals surface area contributed by atoms with Crippen LogP contribution < -0.4 is 10.1 Å². The second kappa shape index (κ2) is 6.72. The quantitative estimate of drug-likeness (QED) is 0.670. The van der Waals surface area contributed by atoms with Crippen LogP contribution in [0.4, 0.5) is 5.69 Å². The van der Waals surface area contributed by atoms with Crippen molar-refractivity contribution in [2.75, 3.05) is 33.3 Å². The first-order chi connectivity index (χ1) is 10.5. The number of nitrogens with one attached hydrogen (secondary N) is 1. The molecule has 0 aliphatic carbocycles. The van der Waals surface area contributed by atoms with E-state index in [1.54, 1.807) is 11.0 Å². The highest BCUT2D eigenvalue weighted by Crippen LogP contribution is 2.37. The number of halogens is 1. The highest BCUT2D eigenvalue weighted by molar-refractivity contribution is 5.95. The molecule has 1 N–H and O–H groups in total. The molecule has 1 atom stereocenters. The summed E-state index contributed by atoms with van der Waals surface area (Å²) in [4.78, 5) is 25.0. The standard InChI is InChI=1S/C15H19N3O4.ClH/c1-22-13-3-2-11(8-12(13)18(20)21)14(19)17-7-5-15(10-17)4-6-16-9-15;/h2-3,8,16H,4-7,9-10H2,1H3;1H. The molecule has 0 radical (unpaired) electrons. The Hall–Kier alpha value is -1.86. The Morgan fingerprint density at radius 3 is 2.83 bits per heavy atom. The minimum Gasteiger partial charge on any atom is -0.490 e. The van der Waals surface area contributed by atoms with Crippen LogP contribution in [-0.4, -0.2) is 49.0 Å². The third-order valence-electron chi connectivity index (χ3n) is 4.68. The molecule has 23 heavy (non-hydrogen) atoms. The van der Waals surface area contributed by atoms with Crippen LogP contribution in [0.15, 0.2) is 18.2 Å². The van der Waals surface area contributed by atoms with Crippen LogP contribution >= 0.6 is 12.4 Å². The maximum absolute atomic E-state index is 12.6. The van der Waals surface area contributed by atoms with Gasteiger partial charge >= 0.3 is 5.69 Å². The number of benzene rings is 1. The van der Waals surface area contributed by atoms with E-state index in [1.807, 2.05) is 0 Å². The van der Waals surface area contributed by atoms with Crippen LogP contribution in [0.2, 0.25) is 0 Å². The average molecular weight is 342 g/mol. The van der Waals surface area contributed by atoms with Crippen molar-refractivity contribution in [3.8, 4) is 5.75 Å². The number of amides is 1. The summed E-state index contributed by atoms with van der Waals surface area (Å²) in [5.74, 6) is 0.0222. The molecule has 7 nitrogen and oxygen atoms in total. The fourth-order valence-electron chi connectivity index (χ4n) is 3.40. The number of likely N-dealkylation sites (tertiary alicyclic amines) is 1. The molecule has 1 aromatic rings. The summed E-state index contributed by atoms with van der Waals surface area (Å²) in [6.07, 6.45) is 2.07. The molecule has 126 valence electrons. The largest absolute Gasteiger partial charge is 0.490 e. The topological polar surface area (TPSA) is 84.7 Å². The summed E-state index contributed by atoms with van der Waals surface area (Å²) in [6.45, 7) is 3.37. The van der Waals surface area contributed by atoms with Crippen molar-refractivity contribution in [3.05, 3.63) is 33.9 Å². The zero-order valence-corrected chi connectivity index (χ0v) is 13.7. The van der Waals surface area contributed by atoms with Gasteiger partial charge in [-0.3, -0.25) is 14.9 Å². The Morgan fingerprint density at radius 1 is 1.43 bits per heavy atom. The predicted molar refractivity (Wildman–Crippen MR) is 87.3 cm³/mol. The summed E-state index contributed by atoms with van der Waals surface area (Å²) in [6, 6.07) is 4.37. The van der Waals surface area contributed by atoms with Crippen LogP contribution in [0, 0.1) is 15.5 Å². The van der Waals surface area contributed by atoms with Crippen molar-refractivity contribution in [2.45, 2.75) is 12.8 Å². The molecule has 2 aliphatic rings. The first-order valence-electron chi connectivity index (χ1n) is 7.37. The van der Waals surface area contributed by atoms with Crippen molar-refractivity contribution in [3.63, 3.8) is 0 Å². The van der Waals surface area contributed by atoms with Crippen molar-refractivity contribution >= 4 is 24.0 Å². The molecular formula is C15H20ClN3O4. The molecular weight excluding hydrogens is 322 g/mol. The zero-order chi connectivity index (χ0) is 15.7. The molecule has 1 amide bonds. The zero-order valence-electron chi connectivity index (χ0n) is 12.9. The van der Waals surface area contributed by atoms with Gasteiger partial charge in [-0.2, -0.15) is 0 Å². The Kier molecular flexibility index (Phi) is 5.11. The van der Waals surface area contributed by atoms with Gasteiger partial charge in [0.05, 0.1) is 12.0 Å². The fourth-order valence-corrected chi connectivity index (χ4v) is 3.40. The monoisotopic (exact) mass is 341 g/mol. The molecule has 1 unspecified atom stereocenters. The molecule has 2 fully saturated rings. The maximum atomic E-state index is 12.6. The maximum Gasteiger partial charge on any atom is 0.311 e. The molecule has 1 aromatic carbocycles. The minimum absolute atomic E-state index is 0. The Morgan fingerprint density at radius 2 is 2.22 bits per heavy atom. The Bertz CT molecular complexity index is 617. The van der Waals surface area contributed by atoms with E-state index in [0.29, 0.717) is 12.1 Å². The summed E-state index contributed by atoms with van der Waals surface area (Å²) in [5, 5.41) is 14.4. The van der Waals surface area contributed by atoms with Gasteiger partial charge in [0, 0.05) is 36.7 Å². The van der Waals surface area contributed by atoms with E-state index in [2.05, 4.69) is 5.32 Å². The van der Waals surface area contributed by atoms with Gasteiger partial charge in [0.1, 0.15) is 0 Å². The number of carbonyl (C=O) groups is 1. The SMILES string of the molecule is COc1ccc(C(=O)N2CCC3(CCNC3)C2)cc1[N+](=O)[O-].Cl. The number of methoxy groups -OCH3 is 1. The Balaban J connectivity index is 0.00000192. The van der Waals surface area contributed by atoms with Crippen molar-refractivity contribution in [1.29, 1.82) is 0 Å². The third kappa shape index (κ3) is 3.25. The van der Waals surface area contributed by atoms with Gasteiger partial charge in [0.25, 0.3) is 5.91 Å². The van der Waals surface area contributed by atoms with Gasteiger partial charge in [-0.25, -0.2) is 0 Å². The second-order valence-corrected chi connectivity index (χ2v) is 6.05. The molecule has 0 saturated carbocycles. The lowest BCUT2D eigenvalue weighted by Crippen LogP contribution is -2.33. The van der Waals surface area contributed by atoms with Crippen LogP contribution in [-0.2, 0) is 0 Å². The number of hydrogen-bond donors (Lipinski definition) is 1. The van der Waals surface area contributed by atoms with E-state index >= 15 is 0 Å². The summed E-state index contributed by atoms with van der Waals surface area (Å²) >= 11 is 0. The smallest absolute Gasteiger partial charge is 0.311 e. The number of hydrogen-bond acceptors (Lipinski definition) is 5. The molecule has 1 spiro atoms. The summed E-state index contributed by atoms with van der Waals surface area (Å²) in [5.41, 5.74) is 0.355. The van der Waals surface area contributed by atoms with Crippen molar-refractivity contribution in [2.24, 2.45) is 5.41 Å². The molecule has 0 bridgehead atoms. The molecule has 2 aliphatic heterocycles. The van der Waals surface area contributed by atoms with Gasteiger partial charge < -0.3 is 15.0 Å². The summed E-state index contributed by atoms with van der Waals surface area (Å²) in [7, 11) is 1.38. The van der Waals surface area contributed by atoms with Crippen molar-refractivity contribution in [1.82, 2.24) is 10.2 Å². The van der Waals surface area contributed by atoms with Gasteiger partial charge in [-0.1, -0.05) is 0 Å². The van der Waals surface area contributed by atoms with Gasteiger partial charge in [0.2, 0.25) is 0 Å². The minimum atomic E-state index is -0.526. The first kappa shape index (κ1) is 17.5. The van der Waals surface area contributed by atoms with E-state index in [-0.39, 0.29) is 35.2 Å². The van der Waals surface area contributed by atoms with E-state index in [0.717, 1.165) is 32.5 Å². The van der Waals surface area contributed by atoms with Crippen LogP contribution in [0.3, 0.4) is 0 Å². The van der Waals surface area contributed by atoms with Gasteiger partial charge in [-0.05, 0) is 31.5 Å². The molecule has 2 saturated heterocycles. The van der Waals surface area contributed by atoms with Gasteiger partial charge in [0.15, 0.2) is 5.75 Å². The number of nitro benzene ring substituents is 1. The van der Waals surface area contributed by atoms with Crippen LogP contribution in [0.1, 0.15) is 23.2 Å². The van der Waals surface area contributed by atoms with E-state index in [4.69, 9.17) is 4.74 Å². The normalized spacial score (nSPS) is 22.9. The lowest BCUT2D eigenvalue weighted by atomic mass is 9.86. The number of ether oxygens (including phenoxy) is 1. The van der Waals surface area contributed by atoms with Gasteiger partial charge in [-0.15, -0.1) is 12.4 Å². The lowest BCUT2D eigenvalue weighted by Gasteiger charge is -2.22. The van der Waals surface area contributed by atoms with E-state index < -0.39 is 4.92 Å². The number of nitrogens with zero attached hydrogens (tertiary/aromatic N) is 2. The fraction of sp³-hybridized carbons (Fsp3) is 0.533. The number of nitro groups is 1. The second-order valence-electron chi connectivity index (χ2n) is 6.05. The van der Waals surface area contributed by atoms with Crippen LogP contribution in [0.5, 0.6) is 5.75 Å².